The third-order valence-corrected chi connectivity index (χ3v) is 8.08. The van der Waals surface area contributed by atoms with Gasteiger partial charge in [0.05, 0.1) is 13.0 Å². The number of benzene rings is 3. The van der Waals surface area contributed by atoms with Crippen LogP contribution in [0.2, 0.25) is 0 Å². The Bertz CT molecular complexity index is 1300. The maximum atomic E-state index is 13.4. The van der Waals surface area contributed by atoms with E-state index in [1.165, 1.54) is 17.2 Å². The smallest absolute Gasteiger partial charge is 0.248 e. The molecule has 0 aliphatic carbocycles. The molecule has 2 heterocycles. The molecule has 0 radical (unpaired) electrons. The predicted molar refractivity (Wildman–Crippen MR) is 160 cm³/mol. The van der Waals surface area contributed by atoms with Gasteiger partial charge in [0.2, 0.25) is 11.8 Å². The Morgan fingerprint density at radius 2 is 1.70 bits per heavy atom. The second-order valence-corrected chi connectivity index (χ2v) is 10.9. The quantitative estimate of drug-likeness (QED) is 0.360. The largest absolute Gasteiger partial charge is 0.497 e. The van der Waals surface area contributed by atoms with Crippen LogP contribution in [0.4, 0.5) is 5.69 Å². The Balaban J connectivity index is 1.08. The molecule has 1 atom stereocenters. The first-order chi connectivity index (χ1) is 19.6. The van der Waals surface area contributed by atoms with Crippen LogP contribution >= 0.6 is 0 Å². The minimum atomic E-state index is -0.174. The number of hydrogen-bond donors (Lipinski definition) is 1. The summed E-state index contributed by atoms with van der Waals surface area (Å²) in [5.41, 5.74) is 4.26. The SMILES string of the molecule is COc1cccc(/C=C/C(=O)Nc2ccc(C3CCN(C(=O)C4CCCN(Cc5ccccc5)C4)CC3)cc2)c1. The van der Waals surface area contributed by atoms with Crippen LogP contribution in [0.15, 0.2) is 84.9 Å². The number of amides is 2. The molecule has 2 aliphatic heterocycles. The van der Waals surface area contributed by atoms with Crippen molar-refractivity contribution in [3.8, 4) is 5.75 Å². The fourth-order valence-electron chi connectivity index (χ4n) is 5.87. The van der Waals surface area contributed by atoms with Gasteiger partial charge in [0.25, 0.3) is 0 Å². The molecule has 3 aromatic rings. The molecule has 0 spiro atoms. The number of nitrogens with one attached hydrogen (secondary N) is 1. The Morgan fingerprint density at radius 3 is 2.45 bits per heavy atom. The van der Waals surface area contributed by atoms with Gasteiger partial charge in [-0.2, -0.15) is 0 Å². The number of nitrogens with zero attached hydrogens (tertiary/aromatic N) is 2. The van der Waals surface area contributed by atoms with Gasteiger partial charge < -0.3 is 15.0 Å². The number of ether oxygens (including phenoxy) is 1. The molecule has 0 saturated carbocycles. The van der Waals surface area contributed by atoms with Gasteiger partial charge in [-0.05, 0) is 85.2 Å². The highest BCUT2D eigenvalue weighted by Gasteiger charge is 2.31. The summed E-state index contributed by atoms with van der Waals surface area (Å²) in [5, 5.41) is 2.93. The van der Waals surface area contributed by atoms with E-state index in [0.29, 0.717) is 11.8 Å². The van der Waals surface area contributed by atoms with E-state index < -0.39 is 0 Å². The van der Waals surface area contributed by atoms with E-state index in [9.17, 15) is 9.59 Å². The molecule has 0 aromatic heterocycles. The number of methoxy groups -OCH3 is 1. The van der Waals surface area contributed by atoms with Crippen molar-refractivity contribution >= 4 is 23.6 Å². The topological polar surface area (TPSA) is 61.9 Å². The Labute approximate surface area is 237 Å². The highest BCUT2D eigenvalue weighted by Crippen LogP contribution is 2.30. The summed E-state index contributed by atoms with van der Waals surface area (Å²) in [5.74, 6) is 1.45. The minimum absolute atomic E-state index is 0.106. The number of anilines is 1. The Hall–Kier alpha value is -3.90. The van der Waals surface area contributed by atoms with E-state index in [1.54, 1.807) is 13.2 Å². The maximum Gasteiger partial charge on any atom is 0.248 e. The zero-order valence-electron chi connectivity index (χ0n) is 23.3. The zero-order chi connectivity index (χ0) is 27.7. The lowest BCUT2D eigenvalue weighted by Crippen LogP contribution is -2.46. The van der Waals surface area contributed by atoms with Crippen molar-refractivity contribution in [2.45, 2.75) is 38.1 Å². The van der Waals surface area contributed by atoms with Crippen LogP contribution in [0.3, 0.4) is 0 Å². The van der Waals surface area contributed by atoms with Crippen molar-refractivity contribution in [2.75, 3.05) is 38.6 Å². The van der Waals surface area contributed by atoms with Crippen LogP contribution in [0.25, 0.3) is 6.08 Å². The highest BCUT2D eigenvalue weighted by atomic mass is 16.5. The first-order valence-corrected chi connectivity index (χ1v) is 14.4. The molecule has 208 valence electrons. The standard InChI is InChI=1S/C34H39N3O3/c1-40-32-11-5-9-26(23-32)12-17-33(38)35-31-15-13-28(14-16-31)29-18-21-37(22-19-29)34(39)30-10-6-20-36(25-30)24-27-7-3-2-4-8-27/h2-5,7-9,11-17,23,29-30H,6,10,18-22,24-25H2,1H3,(H,35,38)/b17-12+. The van der Waals surface area contributed by atoms with E-state index in [2.05, 4.69) is 51.5 Å². The van der Waals surface area contributed by atoms with Crippen LogP contribution in [-0.2, 0) is 16.1 Å². The highest BCUT2D eigenvalue weighted by molar-refractivity contribution is 6.01. The number of likely N-dealkylation sites (tertiary alicyclic amines) is 2. The van der Waals surface area contributed by atoms with Crippen LogP contribution in [0.1, 0.15) is 48.3 Å². The summed E-state index contributed by atoms with van der Waals surface area (Å²) >= 11 is 0. The van der Waals surface area contributed by atoms with Crippen LogP contribution < -0.4 is 10.1 Å². The van der Waals surface area contributed by atoms with E-state index in [0.717, 1.165) is 75.4 Å². The summed E-state index contributed by atoms with van der Waals surface area (Å²) in [6.07, 6.45) is 7.33. The van der Waals surface area contributed by atoms with Gasteiger partial charge in [-0.3, -0.25) is 14.5 Å². The lowest BCUT2D eigenvalue weighted by molar-refractivity contribution is -0.138. The summed E-state index contributed by atoms with van der Waals surface area (Å²) in [6.45, 7) is 4.46. The molecular weight excluding hydrogens is 498 g/mol. The fraction of sp³-hybridized carbons (Fsp3) is 0.353. The molecule has 5 rings (SSSR count). The Kier molecular flexibility index (Phi) is 9.30. The number of carbonyl (C=O) groups is 2. The molecule has 2 amide bonds. The molecule has 6 heteroatoms. The van der Waals surface area contributed by atoms with Gasteiger partial charge in [0.15, 0.2) is 0 Å². The summed E-state index contributed by atoms with van der Waals surface area (Å²) in [4.78, 5) is 30.3. The van der Waals surface area contributed by atoms with E-state index in [4.69, 9.17) is 4.74 Å². The molecule has 2 saturated heterocycles. The average molecular weight is 538 g/mol. The van der Waals surface area contributed by atoms with Crippen LogP contribution in [0, 0.1) is 5.92 Å². The van der Waals surface area contributed by atoms with Crippen molar-refractivity contribution in [3.63, 3.8) is 0 Å². The van der Waals surface area contributed by atoms with Crippen molar-refractivity contribution in [3.05, 3.63) is 102 Å². The van der Waals surface area contributed by atoms with Gasteiger partial charge in [-0.25, -0.2) is 0 Å². The molecule has 2 fully saturated rings. The first kappa shape index (κ1) is 27.7. The normalized spacial score (nSPS) is 18.5. The van der Waals surface area contributed by atoms with Crippen molar-refractivity contribution in [1.82, 2.24) is 9.80 Å². The van der Waals surface area contributed by atoms with Gasteiger partial charge in [-0.15, -0.1) is 0 Å². The average Bonchev–Trinajstić information content (AvgIpc) is 3.01. The first-order valence-electron chi connectivity index (χ1n) is 14.4. The summed E-state index contributed by atoms with van der Waals surface area (Å²) < 4.78 is 5.23. The van der Waals surface area contributed by atoms with Gasteiger partial charge in [-0.1, -0.05) is 54.6 Å². The lowest BCUT2D eigenvalue weighted by atomic mass is 9.88. The Morgan fingerprint density at radius 1 is 0.925 bits per heavy atom. The van der Waals surface area contributed by atoms with Crippen molar-refractivity contribution < 1.29 is 14.3 Å². The molecule has 40 heavy (non-hydrogen) atoms. The third-order valence-electron chi connectivity index (χ3n) is 8.08. The second-order valence-electron chi connectivity index (χ2n) is 10.9. The number of hydrogen-bond acceptors (Lipinski definition) is 4. The van der Waals surface area contributed by atoms with Crippen molar-refractivity contribution in [1.29, 1.82) is 0 Å². The number of piperidine rings is 2. The predicted octanol–water partition coefficient (Wildman–Crippen LogP) is 5.97. The lowest BCUT2D eigenvalue weighted by Gasteiger charge is -2.38. The third kappa shape index (κ3) is 7.39. The minimum Gasteiger partial charge on any atom is -0.497 e. The molecule has 3 aromatic carbocycles. The zero-order valence-corrected chi connectivity index (χ0v) is 23.3. The van der Waals surface area contributed by atoms with Gasteiger partial charge in [0, 0.05) is 37.9 Å². The summed E-state index contributed by atoms with van der Waals surface area (Å²) in [7, 11) is 1.63. The van der Waals surface area contributed by atoms with E-state index in [-0.39, 0.29) is 11.8 Å². The number of carbonyl (C=O) groups excluding carboxylic acids is 2. The molecule has 1 N–H and O–H groups in total. The van der Waals surface area contributed by atoms with Gasteiger partial charge >= 0.3 is 0 Å². The van der Waals surface area contributed by atoms with E-state index >= 15 is 0 Å². The molecular formula is C34H39N3O3. The molecule has 0 bridgehead atoms. The monoisotopic (exact) mass is 537 g/mol. The molecule has 6 nitrogen and oxygen atoms in total. The maximum absolute atomic E-state index is 13.4. The molecule has 2 aliphatic rings. The van der Waals surface area contributed by atoms with E-state index in [1.807, 2.05) is 42.5 Å². The number of rotatable bonds is 8. The van der Waals surface area contributed by atoms with Gasteiger partial charge in [0.1, 0.15) is 5.75 Å². The van der Waals surface area contributed by atoms with Crippen LogP contribution in [-0.4, -0.2) is 54.9 Å². The molecule has 1 unspecified atom stereocenters. The summed E-state index contributed by atoms with van der Waals surface area (Å²) in [6, 6.07) is 26.3. The second kappa shape index (κ2) is 13.4. The fourth-order valence-corrected chi connectivity index (χ4v) is 5.87. The van der Waals surface area contributed by atoms with Crippen LogP contribution in [0.5, 0.6) is 5.75 Å². The van der Waals surface area contributed by atoms with Crippen molar-refractivity contribution in [2.24, 2.45) is 5.92 Å².